The van der Waals surface area contributed by atoms with Crippen molar-refractivity contribution in [3.63, 3.8) is 0 Å². The molecule has 2 N–H and O–H groups in total. The molecular formula is C23H19N5O2S. The van der Waals surface area contributed by atoms with Crippen LogP contribution in [-0.4, -0.2) is 37.7 Å². The van der Waals surface area contributed by atoms with Crippen LogP contribution in [0.4, 0.5) is 0 Å². The molecule has 0 spiro atoms. The molecule has 0 saturated carbocycles. The molecule has 1 heterocycles. The molecule has 7 nitrogen and oxygen atoms in total. The van der Waals surface area contributed by atoms with Crippen LogP contribution in [0, 0.1) is 0 Å². The Morgan fingerprint density at radius 3 is 2.35 bits per heavy atom. The number of aromatic hydroxyl groups is 1. The third kappa shape index (κ3) is 5.18. The second-order valence-electron chi connectivity index (χ2n) is 6.52. The van der Waals surface area contributed by atoms with Crippen molar-refractivity contribution in [1.82, 2.24) is 20.2 Å². The molecule has 8 heteroatoms. The van der Waals surface area contributed by atoms with E-state index in [0.717, 1.165) is 16.8 Å². The zero-order chi connectivity index (χ0) is 21.5. The molecule has 0 atom stereocenters. The molecule has 0 aliphatic rings. The second-order valence-corrected chi connectivity index (χ2v) is 7.46. The predicted molar refractivity (Wildman–Crippen MR) is 121 cm³/mol. The van der Waals surface area contributed by atoms with Crippen LogP contribution in [0.25, 0.3) is 17.1 Å². The quantitative estimate of drug-likeness (QED) is 0.264. The molecule has 0 unspecified atom stereocenters. The minimum Gasteiger partial charge on any atom is -0.508 e. The topological polar surface area (TPSA) is 92.4 Å². The molecule has 1 amide bonds. The van der Waals surface area contributed by atoms with Gasteiger partial charge in [0.15, 0.2) is 11.0 Å². The lowest BCUT2D eigenvalue weighted by Gasteiger charge is -2.10. The van der Waals surface area contributed by atoms with Crippen LogP contribution < -0.4 is 5.43 Å². The van der Waals surface area contributed by atoms with Gasteiger partial charge in [-0.15, -0.1) is 10.2 Å². The monoisotopic (exact) mass is 429 g/mol. The first kappa shape index (κ1) is 20.4. The summed E-state index contributed by atoms with van der Waals surface area (Å²) in [5.74, 6) is 0.756. The summed E-state index contributed by atoms with van der Waals surface area (Å²) in [4.78, 5) is 12.2. The minimum absolute atomic E-state index is 0.132. The molecule has 0 bridgehead atoms. The number of aromatic nitrogens is 3. The number of nitrogens with one attached hydrogen (secondary N) is 1. The molecule has 4 aromatic rings. The van der Waals surface area contributed by atoms with Gasteiger partial charge in [-0.1, -0.05) is 60.3 Å². The van der Waals surface area contributed by atoms with E-state index in [0.29, 0.717) is 11.0 Å². The highest BCUT2D eigenvalue weighted by atomic mass is 32.2. The van der Waals surface area contributed by atoms with Crippen LogP contribution in [0.15, 0.2) is 95.2 Å². The number of thioether (sulfide) groups is 1. The molecular weight excluding hydrogens is 410 g/mol. The lowest BCUT2D eigenvalue weighted by atomic mass is 10.2. The van der Waals surface area contributed by atoms with Crippen LogP contribution in [0.3, 0.4) is 0 Å². The van der Waals surface area contributed by atoms with E-state index in [1.165, 1.54) is 18.0 Å². The molecule has 4 rings (SSSR count). The maximum absolute atomic E-state index is 12.2. The maximum atomic E-state index is 12.2. The normalized spacial score (nSPS) is 11.0. The van der Waals surface area contributed by atoms with E-state index in [1.807, 2.05) is 65.2 Å². The van der Waals surface area contributed by atoms with Crippen molar-refractivity contribution in [2.45, 2.75) is 5.16 Å². The van der Waals surface area contributed by atoms with E-state index in [1.54, 1.807) is 24.3 Å². The fourth-order valence-electron chi connectivity index (χ4n) is 2.85. The van der Waals surface area contributed by atoms with E-state index in [2.05, 4.69) is 20.7 Å². The zero-order valence-corrected chi connectivity index (χ0v) is 17.2. The van der Waals surface area contributed by atoms with Gasteiger partial charge in [0.1, 0.15) is 5.75 Å². The van der Waals surface area contributed by atoms with Gasteiger partial charge in [0, 0.05) is 11.3 Å². The fraction of sp³-hybridized carbons (Fsp3) is 0.0435. The van der Waals surface area contributed by atoms with Crippen molar-refractivity contribution in [1.29, 1.82) is 0 Å². The number of benzene rings is 3. The summed E-state index contributed by atoms with van der Waals surface area (Å²) in [7, 11) is 0. The number of para-hydroxylation sites is 1. The third-order valence-corrected chi connectivity index (χ3v) is 5.24. The SMILES string of the molecule is O=C(CSc1nnc(-c2ccccc2)n1-c1ccccc1)N/N=C/c1ccc(O)cc1. The predicted octanol–water partition coefficient (Wildman–Crippen LogP) is 3.88. The Morgan fingerprint density at radius 1 is 0.968 bits per heavy atom. The Bertz CT molecular complexity index is 1180. The van der Waals surface area contributed by atoms with E-state index < -0.39 is 0 Å². The van der Waals surface area contributed by atoms with Gasteiger partial charge in [-0.3, -0.25) is 9.36 Å². The summed E-state index contributed by atoms with van der Waals surface area (Å²) in [5, 5.41) is 22.5. The number of amides is 1. The van der Waals surface area contributed by atoms with E-state index in [9.17, 15) is 9.90 Å². The van der Waals surface area contributed by atoms with Gasteiger partial charge in [0.25, 0.3) is 5.91 Å². The molecule has 0 aliphatic heterocycles. The van der Waals surface area contributed by atoms with Gasteiger partial charge in [-0.25, -0.2) is 5.43 Å². The number of carbonyl (C=O) groups is 1. The number of hydrazone groups is 1. The van der Waals surface area contributed by atoms with Crippen LogP contribution >= 0.6 is 11.8 Å². The molecule has 1 aromatic heterocycles. The standard InChI is InChI=1S/C23H19N5O2S/c29-20-13-11-17(12-14-20)15-24-25-21(30)16-31-23-27-26-22(18-7-3-1-4-8-18)28(23)19-9-5-2-6-10-19/h1-15,29H,16H2,(H,25,30)/b24-15+. The largest absolute Gasteiger partial charge is 0.508 e. The lowest BCUT2D eigenvalue weighted by molar-refractivity contribution is -0.118. The number of phenolic OH excluding ortho intramolecular Hbond substituents is 1. The number of carbonyl (C=O) groups excluding carboxylic acids is 1. The van der Waals surface area contributed by atoms with Crippen LogP contribution in [0.2, 0.25) is 0 Å². The second kappa shape index (κ2) is 9.73. The average molecular weight is 430 g/mol. The van der Waals surface area contributed by atoms with Crippen molar-refractivity contribution in [2.24, 2.45) is 5.10 Å². The van der Waals surface area contributed by atoms with Gasteiger partial charge < -0.3 is 5.11 Å². The third-order valence-electron chi connectivity index (χ3n) is 4.31. The number of hydrogen-bond acceptors (Lipinski definition) is 6. The first-order chi connectivity index (χ1) is 15.2. The van der Waals surface area contributed by atoms with Crippen LogP contribution in [-0.2, 0) is 4.79 Å². The van der Waals surface area contributed by atoms with Gasteiger partial charge in [0.2, 0.25) is 0 Å². The summed E-state index contributed by atoms with van der Waals surface area (Å²) in [5.41, 5.74) is 5.12. The summed E-state index contributed by atoms with van der Waals surface area (Å²) in [6.45, 7) is 0. The highest BCUT2D eigenvalue weighted by molar-refractivity contribution is 7.99. The number of rotatable bonds is 7. The van der Waals surface area contributed by atoms with Crippen LogP contribution in [0.1, 0.15) is 5.56 Å². The maximum Gasteiger partial charge on any atom is 0.250 e. The number of nitrogens with zero attached hydrogens (tertiary/aromatic N) is 4. The van der Waals surface area contributed by atoms with Gasteiger partial charge in [-0.05, 0) is 42.0 Å². The van der Waals surface area contributed by atoms with Crippen molar-refractivity contribution in [2.75, 3.05) is 5.75 Å². The summed E-state index contributed by atoms with van der Waals surface area (Å²) in [6.07, 6.45) is 1.52. The van der Waals surface area contributed by atoms with E-state index in [4.69, 9.17) is 0 Å². The Kier molecular flexibility index (Phi) is 6.39. The molecule has 3 aromatic carbocycles. The van der Waals surface area contributed by atoms with Crippen LogP contribution in [0.5, 0.6) is 5.75 Å². The molecule has 31 heavy (non-hydrogen) atoms. The van der Waals surface area contributed by atoms with Crippen molar-refractivity contribution >= 4 is 23.9 Å². The van der Waals surface area contributed by atoms with Crippen molar-refractivity contribution < 1.29 is 9.90 Å². The van der Waals surface area contributed by atoms with E-state index in [-0.39, 0.29) is 17.4 Å². The Labute approximate surface area is 183 Å². The molecule has 0 saturated heterocycles. The Balaban J connectivity index is 1.47. The zero-order valence-electron chi connectivity index (χ0n) is 16.4. The minimum atomic E-state index is -0.260. The van der Waals surface area contributed by atoms with Gasteiger partial charge in [0.05, 0.1) is 12.0 Å². The molecule has 0 fully saturated rings. The molecule has 154 valence electrons. The van der Waals surface area contributed by atoms with Crippen molar-refractivity contribution in [3.8, 4) is 22.8 Å². The first-order valence-corrected chi connectivity index (χ1v) is 10.5. The van der Waals surface area contributed by atoms with Gasteiger partial charge >= 0.3 is 0 Å². The van der Waals surface area contributed by atoms with Crippen molar-refractivity contribution in [3.05, 3.63) is 90.5 Å². The molecule has 0 aliphatic carbocycles. The Morgan fingerprint density at radius 2 is 1.65 bits per heavy atom. The highest BCUT2D eigenvalue weighted by Gasteiger charge is 2.16. The van der Waals surface area contributed by atoms with E-state index >= 15 is 0 Å². The number of phenols is 1. The summed E-state index contributed by atoms with van der Waals surface area (Å²) < 4.78 is 1.94. The average Bonchev–Trinajstić information content (AvgIpc) is 3.24. The van der Waals surface area contributed by atoms with Gasteiger partial charge in [-0.2, -0.15) is 5.10 Å². The highest BCUT2D eigenvalue weighted by Crippen LogP contribution is 2.27. The smallest absolute Gasteiger partial charge is 0.250 e. The lowest BCUT2D eigenvalue weighted by Crippen LogP contribution is -2.20. The number of hydrogen-bond donors (Lipinski definition) is 2. The Hall–Kier alpha value is -3.91. The fourth-order valence-corrected chi connectivity index (χ4v) is 3.59. The summed E-state index contributed by atoms with van der Waals surface area (Å²) >= 11 is 1.28. The summed E-state index contributed by atoms with van der Waals surface area (Å²) in [6, 6.07) is 26.1. The first-order valence-electron chi connectivity index (χ1n) is 9.51. The molecule has 0 radical (unpaired) electrons.